The third kappa shape index (κ3) is 4.27. The lowest BCUT2D eigenvalue weighted by Crippen LogP contribution is -1.94. The zero-order valence-electron chi connectivity index (χ0n) is 28.9. The first-order valence-electron chi connectivity index (χ1n) is 18.2. The number of hydrogen-bond acceptors (Lipinski definition) is 3. The van der Waals surface area contributed by atoms with Crippen LogP contribution in [-0.2, 0) is 0 Å². The van der Waals surface area contributed by atoms with E-state index in [4.69, 9.17) is 9.40 Å². The number of benzene rings is 8. The number of oxazole rings is 1. The molecule has 0 unspecified atom stereocenters. The van der Waals surface area contributed by atoms with Crippen LogP contribution in [0.2, 0.25) is 0 Å². The van der Waals surface area contributed by atoms with Crippen LogP contribution in [0, 0.1) is 0 Å². The van der Waals surface area contributed by atoms with Crippen LogP contribution in [0.25, 0.3) is 109 Å². The first-order valence-corrected chi connectivity index (χ1v) is 19.0. The standard InChI is InChI=1S/C49H29N3OS/c1-2-10-33(11-3-1)52-43-26-21-32(29-39(43)47-44(52)27-24-37-36-13-5-9-17-46(36)54-48(37)47)31-20-25-42-38(28-31)35-12-4-7-15-41(35)51(42)34-22-18-30(19-23-34)49-50-40-14-6-8-16-45(40)53-49/h1-29H. The minimum Gasteiger partial charge on any atom is -0.436 e. The van der Waals surface area contributed by atoms with E-state index in [9.17, 15) is 0 Å². The minimum absolute atomic E-state index is 0.631. The molecule has 0 spiro atoms. The van der Waals surface area contributed by atoms with Crippen LogP contribution >= 0.6 is 11.3 Å². The maximum Gasteiger partial charge on any atom is 0.227 e. The van der Waals surface area contributed by atoms with Crippen molar-refractivity contribution in [2.24, 2.45) is 0 Å². The van der Waals surface area contributed by atoms with Crippen molar-refractivity contribution in [1.82, 2.24) is 14.1 Å². The molecule has 12 rings (SSSR count). The van der Waals surface area contributed by atoms with Crippen molar-refractivity contribution in [3.63, 3.8) is 0 Å². The van der Waals surface area contributed by atoms with Crippen molar-refractivity contribution in [3.8, 4) is 34.0 Å². The number of nitrogens with zero attached hydrogens (tertiary/aromatic N) is 3. The number of fused-ring (bicyclic) bond motifs is 11. The summed E-state index contributed by atoms with van der Waals surface area (Å²) in [7, 11) is 0. The Kier molecular flexibility index (Phi) is 6.18. The highest BCUT2D eigenvalue weighted by molar-refractivity contribution is 7.26. The molecule has 4 aromatic heterocycles. The zero-order chi connectivity index (χ0) is 35.3. The van der Waals surface area contributed by atoms with Crippen LogP contribution < -0.4 is 0 Å². The molecular formula is C49H29N3OS. The molecule has 4 nitrogen and oxygen atoms in total. The van der Waals surface area contributed by atoms with Gasteiger partial charge in [0.2, 0.25) is 5.89 Å². The third-order valence-electron chi connectivity index (χ3n) is 11.0. The first kappa shape index (κ1) is 29.6. The number of rotatable bonds is 4. The summed E-state index contributed by atoms with van der Waals surface area (Å²) in [4.78, 5) is 4.72. The second-order valence-electron chi connectivity index (χ2n) is 14.0. The van der Waals surface area contributed by atoms with Gasteiger partial charge in [0, 0.05) is 58.7 Å². The Morgan fingerprint density at radius 2 is 1.04 bits per heavy atom. The molecule has 0 atom stereocenters. The number of para-hydroxylation sites is 4. The van der Waals surface area contributed by atoms with Gasteiger partial charge in [-0.1, -0.05) is 84.9 Å². The molecule has 252 valence electrons. The monoisotopic (exact) mass is 707 g/mol. The fourth-order valence-corrected chi connectivity index (χ4v) is 9.76. The van der Waals surface area contributed by atoms with Gasteiger partial charge in [-0.2, -0.15) is 0 Å². The molecule has 0 aliphatic rings. The van der Waals surface area contributed by atoms with Crippen LogP contribution in [0.4, 0.5) is 0 Å². The van der Waals surface area contributed by atoms with Crippen molar-refractivity contribution in [3.05, 3.63) is 176 Å². The molecule has 0 saturated carbocycles. The van der Waals surface area contributed by atoms with E-state index in [-0.39, 0.29) is 0 Å². The fourth-order valence-electron chi connectivity index (χ4n) is 8.50. The van der Waals surface area contributed by atoms with Crippen molar-refractivity contribution in [1.29, 1.82) is 0 Å². The lowest BCUT2D eigenvalue weighted by Gasteiger charge is -2.10. The minimum atomic E-state index is 0.631. The van der Waals surface area contributed by atoms with E-state index < -0.39 is 0 Å². The Bertz CT molecular complexity index is 3400. The Morgan fingerprint density at radius 1 is 0.426 bits per heavy atom. The summed E-state index contributed by atoms with van der Waals surface area (Å²) in [6, 6.07) is 63.2. The molecule has 0 aliphatic heterocycles. The third-order valence-corrected chi connectivity index (χ3v) is 12.2. The molecule has 0 aliphatic carbocycles. The lowest BCUT2D eigenvalue weighted by atomic mass is 10.00. The highest BCUT2D eigenvalue weighted by Crippen LogP contribution is 2.44. The van der Waals surface area contributed by atoms with Crippen LogP contribution in [0.5, 0.6) is 0 Å². The van der Waals surface area contributed by atoms with Gasteiger partial charge >= 0.3 is 0 Å². The molecule has 5 heteroatoms. The topological polar surface area (TPSA) is 35.9 Å². The van der Waals surface area contributed by atoms with E-state index in [1.807, 2.05) is 35.6 Å². The Labute approximate surface area is 313 Å². The number of thiophene rings is 1. The molecule has 0 radical (unpaired) electrons. The molecular weight excluding hydrogens is 679 g/mol. The fraction of sp³-hybridized carbons (Fsp3) is 0. The van der Waals surface area contributed by atoms with Crippen LogP contribution in [-0.4, -0.2) is 14.1 Å². The Morgan fingerprint density at radius 3 is 1.87 bits per heavy atom. The molecule has 12 aromatic rings. The molecule has 0 fully saturated rings. The van der Waals surface area contributed by atoms with E-state index in [1.165, 1.54) is 80.6 Å². The zero-order valence-corrected chi connectivity index (χ0v) is 29.7. The largest absolute Gasteiger partial charge is 0.436 e. The molecule has 0 bridgehead atoms. The number of aromatic nitrogens is 3. The van der Waals surface area contributed by atoms with E-state index in [0.29, 0.717) is 5.89 Å². The quantitative estimate of drug-likeness (QED) is 0.183. The molecule has 8 aromatic carbocycles. The van der Waals surface area contributed by atoms with Gasteiger partial charge in [-0.3, -0.25) is 0 Å². The van der Waals surface area contributed by atoms with Crippen LogP contribution in [0.1, 0.15) is 0 Å². The molecule has 0 N–H and O–H groups in total. The summed E-state index contributed by atoms with van der Waals surface area (Å²) in [6.45, 7) is 0. The van der Waals surface area contributed by atoms with Crippen molar-refractivity contribution in [2.75, 3.05) is 0 Å². The van der Waals surface area contributed by atoms with Crippen LogP contribution in [0.15, 0.2) is 180 Å². The SMILES string of the molecule is c1ccc(-n2c3ccc(-c4ccc5c(c4)c4ccccc4n5-c4ccc(-c5nc6ccccc6o5)cc4)cc3c3c4sc5ccccc5c4ccc32)cc1. The Hall–Kier alpha value is -6.95. The van der Waals surface area contributed by atoms with E-state index in [1.54, 1.807) is 0 Å². The molecule has 54 heavy (non-hydrogen) atoms. The van der Waals surface area contributed by atoms with Gasteiger partial charge in [0.15, 0.2) is 5.58 Å². The maximum absolute atomic E-state index is 6.07. The summed E-state index contributed by atoms with van der Waals surface area (Å²) >= 11 is 1.90. The van der Waals surface area contributed by atoms with Gasteiger partial charge in [0.25, 0.3) is 0 Å². The van der Waals surface area contributed by atoms with Crippen LogP contribution in [0.3, 0.4) is 0 Å². The Balaban J connectivity index is 1.03. The second-order valence-corrected chi connectivity index (χ2v) is 15.0. The normalized spacial score (nSPS) is 12.1. The first-order chi connectivity index (χ1) is 26.8. The highest BCUT2D eigenvalue weighted by Gasteiger charge is 2.19. The van der Waals surface area contributed by atoms with Gasteiger partial charge in [0.05, 0.1) is 22.1 Å². The number of hydrogen-bond donors (Lipinski definition) is 0. The average molecular weight is 708 g/mol. The summed E-state index contributed by atoms with van der Waals surface area (Å²) in [5, 5.41) is 7.67. The average Bonchev–Trinajstić information content (AvgIpc) is 4.00. The predicted octanol–water partition coefficient (Wildman–Crippen LogP) is 13.7. The second kappa shape index (κ2) is 11.3. The predicted molar refractivity (Wildman–Crippen MR) is 226 cm³/mol. The van der Waals surface area contributed by atoms with E-state index in [2.05, 4.69) is 161 Å². The molecule has 0 saturated heterocycles. The lowest BCUT2D eigenvalue weighted by molar-refractivity contribution is 0.620. The van der Waals surface area contributed by atoms with Crippen molar-refractivity contribution in [2.45, 2.75) is 0 Å². The van der Waals surface area contributed by atoms with Gasteiger partial charge in [0.1, 0.15) is 5.52 Å². The summed E-state index contributed by atoms with van der Waals surface area (Å²) in [5.41, 5.74) is 12.1. The van der Waals surface area contributed by atoms with Gasteiger partial charge in [-0.05, 0) is 102 Å². The summed E-state index contributed by atoms with van der Waals surface area (Å²) in [6.07, 6.45) is 0. The summed E-state index contributed by atoms with van der Waals surface area (Å²) in [5.74, 6) is 0.631. The smallest absolute Gasteiger partial charge is 0.227 e. The van der Waals surface area contributed by atoms with E-state index >= 15 is 0 Å². The summed E-state index contributed by atoms with van der Waals surface area (Å²) < 4.78 is 13.5. The maximum atomic E-state index is 6.07. The van der Waals surface area contributed by atoms with Crippen molar-refractivity contribution >= 4 is 86.2 Å². The van der Waals surface area contributed by atoms with Gasteiger partial charge in [-0.25, -0.2) is 4.98 Å². The molecule has 4 heterocycles. The van der Waals surface area contributed by atoms with Gasteiger partial charge < -0.3 is 13.6 Å². The van der Waals surface area contributed by atoms with Gasteiger partial charge in [-0.15, -0.1) is 11.3 Å². The van der Waals surface area contributed by atoms with E-state index in [0.717, 1.165) is 22.4 Å². The van der Waals surface area contributed by atoms with Crippen molar-refractivity contribution < 1.29 is 4.42 Å². The molecule has 0 amide bonds. The highest BCUT2D eigenvalue weighted by atomic mass is 32.1.